The Labute approximate surface area is 201 Å². The summed E-state index contributed by atoms with van der Waals surface area (Å²) in [5, 5.41) is 4.35. The van der Waals surface area contributed by atoms with E-state index >= 15 is 0 Å². The quantitative estimate of drug-likeness (QED) is 0.400. The van der Waals surface area contributed by atoms with Gasteiger partial charge in [0.05, 0.1) is 0 Å². The summed E-state index contributed by atoms with van der Waals surface area (Å²) < 4.78 is 6.61. The Morgan fingerprint density at radius 2 is 1.62 bits per heavy atom. The fraction of sp³-hybridized carbons (Fsp3) is 0.148. The zero-order chi connectivity index (χ0) is 24.4. The molecule has 1 N–H and O–H groups in total. The third-order valence-corrected chi connectivity index (χ3v) is 6.01. The summed E-state index contributed by atoms with van der Waals surface area (Å²) in [5.74, 6) is -1.25. The maximum atomic E-state index is 13.2. The molecular formula is C27H23ClN2O4. The summed E-state index contributed by atoms with van der Waals surface area (Å²) in [5.41, 5.74) is 3.72. The van der Waals surface area contributed by atoms with Crippen molar-refractivity contribution in [2.24, 2.45) is 7.05 Å². The number of hydrogen-bond acceptors (Lipinski definition) is 4. The van der Waals surface area contributed by atoms with Gasteiger partial charge >= 0.3 is 5.97 Å². The van der Waals surface area contributed by atoms with Gasteiger partial charge in [-0.2, -0.15) is 0 Å². The molecule has 0 spiro atoms. The van der Waals surface area contributed by atoms with Gasteiger partial charge in [-0.3, -0.25) is 9.59 Å². The lowest BCUT2D eigenvalue weighted by Crippen LogP contribution is -2.28. The summed E-state index contributed by atoms with van der Waals surface area (Å²) >= 11 is 6.05. The molecule has 34 heavy (non-hydrogen) atoms. The van der Waals surface area contributed by atoms with E-state index in [9.17, 15) is 14.4 Å². The third-order valence-electron chi connectivity index (χ3n) is 5.75. The first kappa shape index (κ1) is 23.3. The van der Waals surface area contributed by atoms with Crippen LogP contribution in [0.2, 0.25) is 5.02 Å². The molecule has 0 atom stereocenters. The van der Waals surface area contributed by atoms with E-state index in [1.54, 1.807) is 54.6 Å². The Bertz CT molecular complexity index is 1470. The van der Waals surface area contributed by atoms with Crippen LogP contribution in [0.1, 0.15) is 21.6 Å². The zero-order valence-electron chi connectivity index (χ0n) is 19.0. The van der Waals surface area contributed by atoms with Crippen molar-refractivity contribution >= 4 is 39.9 Å². The second-order valence-electron chi connectivity index (χ2n) is 8.06. The predicted molar refractivity (Wildman–Crippen MR) is 134 cm³/mol. The van der Waals surface area contributed by atoms with Gasteiger partial charge in [0.2, 0.25) is 0 Å². The van der Waals surface area contributed by atoms with Crippen LogP contribution >= 0.6 is 11.6 Å². The molecular weight excluding hydrogens is 452 g/mol. The Morgan fingerprint density at radius 1 is 0.941 bits per heavy atom. The number of amides is 1. The van der Waals surface area contributed by atoms with Crippen molar-refractivity contribution in [2.45, 2.75) is 13.8 Å². The van der Waals surface area contributed by atoms with Crippen LogP contribution in [-0.4, -0.2) is 23.1 Å². The summed E-state index contributed by atoms with van der Waals surface area (Å²) in [6, 6.07) is 19.6. The van der Waals surface area contributed by atoms with Crippen molar-refractivity contribution in [2.75, 3.05) is 11.9 Å². The van der Waals surface area contributed by atoms with Crippen molar-refractivity contribution < 1.29 is 14.3 Å². The number of rotatable bonds is 5. The molecule has 4 aromatic rings. The number of aromatic nitrogens is 1. The molecule has 0 fully saturated rings. The number of nitrogens with zero attached hydrogens (tertiary/aromatic N) is 1. The Balaban J connectivity index is 1.68. The minimum Gasteiger partial charge on any atom is -0.451 e. The number of carbonyl (C=O) groups excluding carboxylic acids is 2. The molecule has 0 aliphatic rings. The van der Waals surface area contributed by atoms with Crippen molar-refractivity contribution in [3.8, 4) is 11.1 Å². The first-order chi connectivity index (χ1) is 16.3. The number of halogens is 1. The molecule has 4 rings (SSSR count). The largest absolute Gasteiger partial charge is 0.451 e. The van der Waals surface area contributed by atoms with Crippen LogP contribution in [0.4, 0.5) is 5.69 Å². The number of carbonyl (C=O) groups is 2. The highest BCUT2D eigenvalue weighted by Gasteiger charge is 2.23. The van der Waals surface area contributed by atoms with E-state index in [1.807, 2.05) is 26.0 Å². The Morgan fingerprint density at radius 3 is 2.29 bits per heavy atom. The molecule has 1 aromatic heterocycles. The van der Waals surface area contributed by atoms with E-state index in [0.29, 0.717) is 32.6 Å². The average Bonchev–Trinajstić information content (AvgIpc) is 2.83. The molecule has 3 aromatic carbocycles. The topological polar surface area (TPSA) is 77.4 Å². The van der Waals surface area contributed by atoms with Crippen LogP contribution in [0.3, 0.4) is 0 Å². The first-order valence-corrected chi connectivity index (χ1v) is 11.1. The predicted octanol–water partition coefficient (Wildman–Crippen LogP) is 5.27. The van der Waals surface area contributed by atoms with Gasteiger partial charge in [0.1, 0.15) is 5.69 Å². The molecule has 1 heterocycles. The van der Waals surface area contributed by atoms with Gasteiger partial charge in [0.15, 0.2) is 6.61 Å². The molecule has 0 radical (unpaired) electrons. The molecule has 0 unspecified atom stereocenters. The van der Waals surface area contributed by atoms with Gasteiger partial charge in [-0.25, -0.2) is 4.79 Å². The van der Waals surface area contributed by atoms with Gasteiger partial charge in [-0.05, 0) is 66.3 Å². The highest BCUT2D eigenvalue weighted by Crippen LogP contribution is 2.31. The second kappa shape index (κ2) is 9.53. The summed E-state index contributed by atoms with van der Waals surface area (Å²) in [6.07, 6.45) is 0. The van der Waals surface area contributed by atoms with Crippen LogP contribution in [0.25, 0.3) is 21.9 Å². The smallest absolute Gasteiger partial charge is 0.356 e. The van der Waals surface area contributed by atoms with Crippen molar-refractivity contribution in [3.63, 3.8) is 0 Å². The maximum Gasteiger partial charge on any atom is 0.356 e. The van der Waals surface area contributed by atoms with Crippen molar-refractivity contribution in [1.82, 2.24) is 4.57 Å². The molecule has 0 bridgehead atoms. The fourth-order valence-electron chi connectivity index (χ4n) is 3.83. The van der Waals surface area contributed by atoms with Gasteiger partial charge in [-0.15, -0.1) is 0 Å². The number of nitrogens with one attached hydrogen (secondary N) is 1. The maximum absolute atomic E-state index is 13.2. The molecule has 0 saturated heterocycles. The summed E-state index contributed by atoms with van der Waals surface area (Å²) in [4.78, 5) is 38.6. The lowest BCUT2D eigenvalue weighted by atomic mass is 9.97. The lowest BCUT2D eigenvalue weighted by molar-refractivity contribution is -0.119. The zero-order valence-corrected chi connectivity index (χ0v) is 19.8. The normalized spacial score (nSPS) is 10.8. The number of pyridine rings is 1. The number of benzene rings is 3. The van der Waals surface area contributed by atoms with Crippen LogP contribution in [0.15, 0.2) is 71.5 Å². The van der Waals surface area contributed by atoms with E-state index < -0.39 is 18.5 Å². The molecule has 0 aliphatic heterocycles. The van der Waals surface area contributed by atoms with E-state index in [-0.39, 0.29) is 11.3 Å². The number of hydrogen-bond donors (Lipinski definition) is 1. The molecule has 7 heteroatoms. The fourth-order valence-corrected chi connectivity index (χ4v) is 3.95. The van der Waals surface area contributed by atoms with E-state index in [4.69, 9.17) is 16.3 Å². The van der Waals surface area contributed by atoms with Crippen LogP contribution in [0.5, 0.6) is 0 Å². The minimum atomic E-state index is -0.773. The van der Waals surface area contributed by atoms with Crippen LogP contribution in [0, 0.1) is 13.8 Å². The third kappa shape index (κ3) is 4.58. The van der Waals surface area contributed by atoms with Crippen LogP contribution < -0.4 is 10.9 Å². The minimum absolute atomic E-state index is 0.0602. The molecule has 0 saturated carbocycles. The number of aryl methyl sites for hydroxylation is 2. The molecule has 1 amide bonds. The van der Waals surface area contributed by atoms with E-state index in [0.717, 1.165) is 11.1 Å². The summed E-state index contributed by atoms with van der Waals surface area (Å²) in [7, 11) is 1.51. The molecule has 0 aliphatic carbocycles. The Kier molecular flexibility index (Phi) is 6.52. The van der Waals surface area contributed by atoms with E-state index in [2.05, 4.69) is 5.32 Å². The Hall–Kier alpha value is -3.90. The van der Waals surface area contributed by atoms with E-state index in [1.165, 1.54) is 11.6 Å². The summed E-state index contributed by atoms with van der Waals surface area (Å²) in [6.45, 7) is 3.44. The number of anilines is 1. The van der Waals surface area contributed by atoms with Gasteiger partial charge < -0.3 is 14.6 Å². The SMILES string of the molecule is Cc1ccc(NC(=O)COC(=O)c2c(-c3ccc(Cl)cc3)c3ccccc3c(=O)n2C)cc1C. The first-order valence-electron chi connectivity index (χ1n) is 10.7. The number of fused-ring (bicyclic) bond motifs is 1. The monoisotopic (exact) mass is 474 g/mol. The average molecular weight is 475 g/mol. The van der Waals surface area contributed by atoms with Crippen molar-refractivity contribution in [3.05, 3.63) is 98.9 Å². The van der Waals surface area contributed by atoms with Gasteiger partial charge in [-0.1, -0.05) is 48.0 Å². The van der Waals surface area contributed by atoms with Gasteiger partial charge in [0, 0.05) is 28.7 Å². The van der Waals surface area contributed by atoms with Gasteiger partial charge in [0.25, 0.3) is 11.5 Å². The van der Waals surface area contributed by atoms with Crippen LogP contribution in [-0.2, 0) is 16.6 Å². The lowest BCUT2D eigenvalue weighted by Gasteiger charge is -2.17. The highest BCUT2D eigenvalue weighted by molar-refractivity contribution is 6.30. The highest BCUT2D eigenvalue weighted by atomic mass is 35.5. The number of esters is 1. The molecule has 172 valence electrons. The second-order valence-corrected chi connectivity index (χ2v) is 8.50. The standard InChI is InChI=1S/C27H23ClN2O4/c1-16-8-13-20(14-17(16)2)29-23(31)15-34-27(33)25-24(18-9-11-19(28)12-10-18)21-6-4-5-7-22(21)26(32)30(25)3/h4-14H,15H2,1-3H3,(H,29,31). The molecule has 6 nitrogen and oxygen atoms in total. The number of ether oxygens (including phenoxy) is 1. The van der Waals surface area contributed by atoms with Crippen molar-refractivity contribution in [1.29, 1.82) is 0 Å².